The third kappa shape index (κ3) is 7.41. The number of thiophene rings is 1. The van der Waals surface area contributed by atoms with Crippen molar-refractivity contribution in [3.8, 4) is 11.5 Å². The topological polar surface area (TPSA) is 106 Å². The second kappa shape index (κ2) is 11.8. The van der Waals surface area contributed by atoms with Crippen LogP contribution in [0.5, 0.6) is 11.5 Å². The summed E-state index contributed by atoms with van der Waals surface area (Å²) >= 11 is 1.37. The van der Waals surface area contributed by atoms with Crippen molar-refractivity contribution in [3.63, 3.8) is 0 Å². The number of carbonyl (C=O) groups is 1. The van der Waals surface area contributed by atoms with Crippen molar-refractivity contribution in [3.05, 3.63) is 45.6 Å². The molecule has 0 unspecified atom stereocenters. The van der Waals surface area contributed by atoms with Crippen LogP contribution in [0.25, 0.3) is 0 Å². The molecule has 0 bridgehead atoms. The molecule has 0 aliphatic carbocycles. The summed E-state index contributed by atoms with van der Waals surface area (Å²) in [6.07, 6.45) is 1.66. The summed E-state index contributed by atoms with van der Waals surface area (Å²) < 4.78 is 41.2. The van der Waals surface area contributed by atoms with E-state index in [4.69, 9.17) is 14.2 Å². The van der Waals surface area contributed by atoms with Gasteiger partial charge in [-0.25, -0.2) is 13.1 Å². The maximum absolute atomic E-state index is 12.8. The minimum atomic E-state index is -3.22. The molecule has 1 aliphatic heterocycles. The maximum Gasteiger partial charge on any atom is 0.261 e. The van der Waals surface area contributed by atoms with Crippen LogP contribution in [0, 0.1) is 0 Å². The molecule has 1 saturated heterocycles. The second-order valence-corrected chi connectivity index (χ2v) is 10.7. The average molecular weight is 498 g/mol. The third-order valence-corrected chi connectivity index (χ3v) is 7.23. The zero-order chi connectivity index (χ0) is 23.8. The van der Waals surface area contributed by atoms with Crippen molar-refractivity contribution in [1.82, 2.24) is 14.9 Å². The Kier molecular flexibility index (Phi) is 9.10. The van der Waals surface area contributed by atoms with Gasteiger partial charge in [0.05, 0.1) is 44.6 Å². The lowest BCUT2D eigenvalue weighted by molar-refractivity contribution is 0.0162. The van der Waals surface area contributed by atoms with Crippen LogP contribution in [0.3, 0.4) is 0 Å². The number of sulfonamides is 1. The van der Waals surface area contributed by atoms with Crippen LogP contribution in [-0.2, 0) is 21.2 Å². The molecule has 33 heavy (non-hydrogen) atoms. The SMILES string of the molecule is COc1ccc([C@@H](CNC(=O)c2ccc(CCNS(C)(=O)=O)s2)N2CCOCC2)cc1OC. The van der Waals surface area contributed by atoms with Crippen molar-refractivity contribution in [1.29, 1.82) is 0 Å². The zero-order valence-electron chi connectivity index (χ0n) is 19.1. The van der Waals surface area contributed by atoms with Gasteiger partial charge >= 0.3 is 0 Å². The molecule has 0 radical (unpaired) electrons. The first-order valence-corrected chi connectivity index (χ1v) is 13.4. The van der Waals surface area contributed by atoms with E-state index in [-0.39, 0.29) is 11.9 Å². The van der Waals surface area contributed by atoms with Crippen LogP contribution in [0.15, 0.2) is 30.3 Å². The predicted octanol–water partition coefficient (Wildman–Crippen LogP) is 1.66. The van der Waals surface area contributed by atoms with Gasteiger partial charge in [-0.15, -0.1) is 11.3 Å². The summed E-state index contributed by atoms with van der Waals surface area (Å²) in [5, 5.41) is 3.06. The third-order valence-electron chi connectivity index (χ3n) is 5.36. The van der Waals surface area contributed by atoms with Gasteiger partial charge in [-0.05, 0) is 36.2 Å². The molecular formula is C22H31N3O6S2. The standard InChI is InChI=1S/C22H31N3O6S2/c1-29-19-6-4-16(14-20(19)30-2)18(25-10-12-31-13-11-25)15-23-22(26)21-7-5-17(32-21)8-9-24-33(3,27)28/h4-7,14,18,24H,8-13,15H2,1-3H3,(H,23,26)/t18-/m1/s1. The lowest BCUT2D eigenvalue weighted by Gasteiger charge is -2.35. The molecule has 1 fully saturated rings. The molecule has 1 aromatic carbocycles. The fourth-order valence-electron chi connectivity index (χ4n) is 3.68. The number of methoxy groups -OCH3 is 2. The molecule has 2 aromatic rings. The normalized spacial score (nSPS) is 15.7. The monoisotopic (exact) mass is 497 g/mol. The number of morpholine rings is 1. The molecule has 11 heteroatoms. The van der Waals surface area contributed by atoms with Crippen LogP contribution in [0.4, 0.5) is 0 Å². The van der Waals surface area contributed by atoms with Gasteiger partial charge in [0.1, 0.15) is 0 Å². The van der Waals surface area contributed by atoms with Crippen LogP contribution in [0.1, 0.15) is 26.2 Å². The van der Waals surface area contributed by atoms with Crippen molar-refractivity contribution in [2.75, 3.05) is 59.9 Å². The van der Waals surface area contributed by atoms with Crippen LogP contribution in [-0.4, -0.2) is 79.1 Å². The molecular weight excluding hydrogens is 466 g/mol. The van der Waals surface area contributed by atoms with Gasteiger partial charge in [0.2, 0.25) is 10.0 Å². The highest BCUT2D eigenvalue weighted by atomic mass is 32.2. The Labute approximate surface area is 199 Å². The number of nitrogens with one attached hydrogen (secondary N) is 2. The minimum absolute atomic E-state index is 0.0453. The Bertz CT molecular complexity index is 1030. The summed E-state index contributed by atoms with van der Waals surface area (Å²) in [5.74, 6) is 1.15. The maximum atomic E-state index is 12.8. The van der Waals surface area contributed by atoms with Gasteiger partial charge in [-0.1, -0.05) is 6.07 Å². The number of ether oxygens (including phenoxy) is 3. The average Bonchev–Trinajstić information content (AvgIpc) is 3.28. The number of amides is 1. The molecule has 0 saturated carbocycles. The van der Waals surface area contributed by atoms with Crippen molar-refractivity contribution >= 4 is 27.3 Å². The number of rotatable bonds is 11. The van der Waals surface area contributed by atoms with E-state index in [2.05, 4.69) is 14.9 Å². The Hall–Kier alpha value is -2.18. The summed E-state index contributed by atoms with van der Waals surface area (Å²) in [7, 11) is -0.0186. The zero-order valence-corrected chi connectivity index (χ0v) is 20.8. The van der Waals surface area contributed by atoms with Crippen molar-refractivity contribution < 1.29 is 27.4 Å². The highest BCUT2D eigenvalue weighted by Gasteiger charge is 2.25. The van der Waals surface area contributed by atoms with Gasteiger partial charge in [0, 0.05) is 31.1 Å². The number of nitrogens with zero attached hydrogens (tertiary/aromatic N) is 1. The van der Waals surface area contributed by atoms with Crippen LogP contribution >= 0.6 is 11.3 Å². The van der Waals surface area contributed by atoms with E-state index >= 15 is 0 Å². The smallest absolute Gasteiger partial charge is 0.261 e. The minimum Gasteiger partial charge on any atom is -0.493 e. The highest BCUT2D eigenvalue weighted by molar-refractivity contribution is 7.88. The van der Waals surface area contributed by atoms with Gasteiger partial charge in [-0.3, -0.25) is 9.69 Å². The van der Waals surface area contributed by atoms with Crippen molar-refractivity contribution in [2.45, 2.75) is 12.5 Å². The van der Waals surface area contributed by atoms with E-state index in [0.717, 1.165) is 29.8 Å². The Balaban J connectivity index is 1.68. The largest absolute Gasteiger partial charge is 0.493 e. The molecule has 1 atom stereocenters. The highest BCUT2D eigenvalue weighted by Crippen LogP contribution is 2.32. The lowest BCUT2D eigenvalue weighted by Crippen LogP contribution is -2.43. The van der Waals surface area contributed by atoms with Gasteiger partial charge < -0.3 is 19.5 Å². The van der Waals surface area contributed by atoms with Gasteiger partial charge in [0.15, 0.2) is 11.5 Å². The first-order valence-electron chi connectivity index (χ1n) is 10.7. The number of hydrogen-bond donors (Lipinski definition) is 2. The Morgan fingerprint density at radius 1 is 1.15 bits per heavy atom. The molecule has 1 aromatic heterocycles. The quantitative estimate of drug-likeness (QED) is 0.486. The first-order chi connectivity index (χ1) is 15.8. The molecule has 182 valence electrons. The molecule has 1 aliphatic rings. The van der Waals surface area contributed by atoms with Gasteiger partial charge in [-0.2, -0.15) is 0 Å². The summed E-state index contributed by atoms with van der Waals surface area (Å²) in [5.41, 5.74) is 1.02. The van der Waals surface area contributed by atoms with Crippen molar-refractivity contribution in [2.24, 2.45) is 0 Å². The number of carbonyl (C=O) groups excluding carboxylic acids is 1. The number of benzene rings is 1. The molecule has 2 N–H and O–H groups in total. The fraction of sp³-hybridized carbons (Fsp3) is 0.500. The van der Waals surface area contributed by atoms with E-state index in [9.17, 15) is 13.2 Å². The first kappa shape index (κ1) is 25.4. The molecule has 0 spiro atoms. The van der Waals surface area contributed by atoms with E-state index in [1.807, 2.05) is 24.3 Å². The van der Waals surface area contributed by atoms with E-state index in [1.165, 1.54) is 11.3 Å². The van der Waals surface area contributed by atoms with Crippen LogP contribution in [0.2, 0.25) is 0 Å². The number of hydrogen-bond acceptors (Lipinski definition) is 8. The fourth-order valence-corrected chi connectivity index (χ4v) is 5.07. The van der Waals surface area contributed by atoms with Crippen LogP contribution < -0.4 is 19.5 Å². The lowest BCUT2D eigenvalue weighted by atomic mass is 10.0. The van der Waals surface area contributed by atoms with E-state index < -0.39 is 10.0 Å². The molecule has 3 rings (SSSR count). The summed E-state index contributed by atoms with van der Waals surface area (Å²) in [4.78, 5) is 16.7. The van der Waals surface area contributed by atoms with E-state index in [1.54, 1.807) is 20.3 Å². The predicted molar refractivity (Wildman–Crippen MR) is 128 cm³/mol. The molecule has 9 nitrogen and oxygen atoms in total. The second-order valence-electron chi connectivity index (χ2n) is 7.67. The van der Waals surface area contributed by atoms with E-state index in [0.29, 0.717) is 49.1 Å². The Morgan fingerprint density at radius 3 is 2.55 bits per heavy atom. The Morgan fingerprint density at radius 2 is 1.88 bits per heavy atom. The summed E-state index contributed by atoms with van der Waals surface area (Å²) in [6.45, 7) is 3.56. The van der Waals surface area contributed by atoms with Gasteiger partial charge in [0.25, 0.3) is 5.91 Å². The summed E-state index contributed by atoms with van der Waals surface area (Å²) in [6, 6.07) is 9.40. The molecule has 1 amide bonds. The molecule has 2 heterocycles.